The molecule has 1 aromatic rings. The number of hydrogen-bond donors (Lipinski definition) is 1. The van der Waals surface area contributed by atoms with Crippen LogP contribution in [0.3, 0.4) is 0 Å². The molecule has 2 heterocycles. The molecule has 0 radical (unpaired) electrons. The number of rotatable bonds is 3. The van der Waals surface area contributed by atoms with Crippen LogP contribution in [0, 0.1) is 6.92 Å². The number of carboxylic acid groups (broad SMARTS) is 1. The molecule has 5 nitrogen and oxygen atoms in total. The second kappa shape index (κ2) is 5.35. The van der Waals surface area contributed by atoms with Crippen molar-refractivity contribution in [3.63, 3.8) is 0 Å². The van der Waals surface area contributed by atoms with Crippen molar-refractivity contribution >= 4 is 11.8 Å². The van der Waals surface area contributed by atoms with Gasteiger partial charge in [0.05, 0.1) is 0 Å². The minimum Gasteiger partial charge on any atom is -0.480 e. The lowest BCUT2D eigenvalue weighted by atomic mass is 10.2. The number of pyridine rings is 1. The predicted octanol–water partition coefficient (Wildman–Crippen LogP) is 0.985. The Bertz CT molecular complexity index is 428. The minimum atomic E-state index is -0.753. The highest BCUT2D eigenvalue weighted by Crippen LogP contribution is 2.15. The van der Waals surface area contributed by atoms with Crippen molar-refractivity contribution in [1.82, 2.24) is 9.88 Å². The molecule has 2 rings (SSSR count). The fourth-order valence-electron chi connectivity index (χ4n) is 2.20. The smallest absolute Gasteiger partial charge is 0.320 e. The van der Waals surface area contributed by atoms with Crippen molar-refractivity contribution in [3.8, 4) is 0 Å². The molecular formula is C13H19N3O2. The van der Waals surface area contributed by atoms with Crippen LogP contribution in [0.1, 0.15) is 12.6 Å². The van der Waals surface area contributed by atoms with E-state index in [9.17, 15) is 4.79 Å². The average molecular weight is 249 g/mol. The first-order chi connectivity index (χ1) is 8.58. The summed E-state index contributed by atoms with van der Waals surface area (Å²) in [4.78, 5) is 19.6. The summed E-state index contributed by atoms with van der Waals surface area (Å²) in [5, 5.41) is 8.99. The van der Waals surface area contributed by atoms with Crippen LogP contribution < -0.4 is 4.90 Å². The van der Waals surface area contributed by atoms with Crippen LogP contribution in [0.5, 0.6) is 0 Å². The Kier molecular flexibility index (Phi) is 3.81. The molecule has 5 heteroatoms. The highest BCUT2D eigenvalue weighted by Gasteiger charge is 2.25. The standard InChI is InChI=1S/C13H19N3O2/c1-10-4-3-5-12(14-10)16-8-6-15(7-9-16)11(2)13(17)18/h3-5,11H,6-9H2,1-2H3,(H,17,18). The Balaban J connectivity index is 1.96. The van der Waals surface area contributed by atoms with E-state index in [1.165, 1.54) is 0 Å². The van der Waals surface area contributed by atoms with E-state index >= 15 is 0 Å². The first-order valence-corrected chi connectivity index (χ1v) is 6.23. The zero-order valence-electron chi connectivity index (χ0n) is 10.8. The van der Waals surface area contributed by atoms with Gasteiger partial charge in [0.2, 0.25) is 0 Å². The normalized spacial score (nSPS) is 18.7. The van der Waals surface area contributed by atoms with Gasteiger partial charge in [-0.1, -0.05) is 6.07 Å². The number of nitrogens with zero attached hydrogens (tertiary/aromatic N) is 3. The van der Waals surface area contributed by atoms with Crippen LogP contribution in [0.25, 0.3) is 0 Å². The zero-order valence-corrected chi connectivity index (χ0v) is 10.8. The molecule has 1 aromatic heterocycles. The van der Waals surface area contributed by atoms with E-state index in [-0.39, 0.29) is 0 Å². The van der Waals surface area contributed by atoms with Gasteiger partial charge in [0, 0.05) is 31.9 Å². The van der Waals surface area contributed by atoms with Gasteiger partial charge in [0.15, 0.2) is 0 Å². The van der Waals surface area contributed by atoms with Gasteiger partial charge in [-0.15, -0.1) is 0 Å². The van der Waals surface area contributed by atoms with Gasteiger partial charge >= 0.3 is 5.97 Å². The summed E-state index contributed by atoms with van der Waals surface area (Å²) in [5.41, 5.74) is 1.01. The molecule has 1 aliphatic heterocycles. The van der Waals surface area contributed by atoms with Crippen molar-refractivity contribution in [3.05, 3.63) is 23.9 Å². The summed E-state index contributed by atoms with van der Waals surface area (Å²) in [6.07, 6.45) is 0. The summed E-state index contributed by atoms with van der Waals surface area (Å²) in [7, 11) is 0. The maximum absolute atomic E-state index is 10.9. The minimum absolute atomic E-state index is 0.405. The summed E-state index contributed by atoms with van der Waals surface area (Å²) >= 11 is 0. The van der Waals surface area contributed by atoms with Gasteiger partial charge in [-0.25, -0.2) is 4.98 Å². The molecule has 0 aliphatic carbocycles. The number of carbonyl (C=O) groups is 1. The van der Waals surface area contributed by atoms with Crippen molar-refractivity contribution in [2.24, 2.45) is 0 Å². The fourth-order valence-corrected chi connectivity index (χ4v) is 2.20. The lowest BCUT2D eigenvalue weighted by Gasteiger charge is -2.37. The van der Waals surface area contributed by atoms with Gasteiger partial charge in [0.1, 0.15) is 11.9 Å². The van der Waals surface area contributed by atoms with Crippen LogP contribution in [0.15, 0.2) is 18.2 Å². The van der Waals surface area contributed by atoms with Crippen LogP contribution >= 0.6 is 0 Å². The summed E-state index contributed by atoms with van der Waals surface area (Å²) in [6.45, 7) is 6.91. The van der Waals surface area contributed by atoms with Crippen LogP contribution in [0.4, 0.5) is 5.82 Å². The Hall–Kier alpha value is -1.62. The summed E-state index contributed by atoms with van der Waals surface area (Å²) in [5.74, 6) is 0.231. The summed E-state index contributed by atoms with van der Waals surface area (Å²) in [6, 6.07) is 5.58. The number of aliphatic carboxylic acids is 1. The third kappa shape index (κ3) is 2.79. The van der Waals surface area contributed by atoms with Crippen LogP contribution in [-0.2, 0) is 4.79 Å². The molecule has 0 bridgehead atoms. The molecule has 1 aliphatic rings. The summed E-state index contributed by atoms with van der Waals surface area (Å²) < 4.78 is 0. The van der Waals surface area contributed by atoms with Crippen molar-refractivity contribution in [2.75, 3.05) is 31.1 Å². The molecular weight excluding hydrogens is 230 g/mol. The Labute approximate surface area is 107 Å². The van der Waals surface area contributed by atoms with E-state index in [4.69, 9.17) is 5.11 Å². The van der Waals surface area contributed by atoms with Gasteiger partial charge in [0.25, 0.3) is 0 Å². The van der Waals surface area contributed by atoms with Gasteiger partial charge in [-0.05, 0) is 26.0 Å². The molecule has 0 saturated carbocycles. The van der Waals surface area contributed by atoms with E-state index in [0.29, 0.717) is 0 Å². The molecule has 98 valence electrons. The van der Waals surface area contributed by atoms with Crippen molar-refractivity contribution in [1.29, 1.82) is 0 Å². The average Bonchev–Trinajstić information content (AvgIpc) is 2.38. The number of carboxylic acids is 1. The topological polar surface area (TPSA) is 56.7 Å². The van der Waals surface area contributed by atoms with Crippen molar-refractivity contribution in [2.45, 2.75) is 19.9 Å². The lowest BCUT2D eigenvalue weighted by molar-refractivity contribution is -0.142. The first-order valence-electron chi connectivity index (χ1n) is 6.23. The molecule has 18 heavy (non-hydrogen) atoms. The second-order valence-corrected chi connectivity index (χ2v) is 4.67. The third-order valence-electron chi connectivity index (χ3n) is 3.42. The zero-order chi connectivity index (χ0) is 13.1. The monoisotopic (exact) mass is 249 g/mol. The number of piperazine rings is 1. The highest BCUT2D eigenvalue weighted by atomic mass is 16.4. The lowest BCUT2D eigenvalue weighted by Crippen LogP contribution is -2.52. The van der Waals surface area contributed by atoms with Gasteiger partial charge in [-0.2, -0.15) is 0 Å². The van der Waals surface area contributed by atoms with Gasteiger partial charge < -0.3 is 10.0 Å². The number of anilines is 1. The SMILES string of the molecule is Cc1cccc(N2CCN(C(C)C(=O)O)CC2)n1. The molecule has 0 aromatic carbocycles. The van der Waals surface area contributed by atoms with E-state index in [2.05, 4.69) is 9.88 Å². The predicted molar refractivity (Wildman–Crippen MR) is 69.9 cm³/mol. The maximum Gasteiger partial charge on any atom is 0.320 e. The van der Waals surface area contributed by atoms with E-state index in [1.807, 2.05) is 30.0 Å². The van der Waals surface area contributed by atoms with E-state index < -0.39 is 12.0 Å². The maximum atomic E-state index is 10.9. The van der Waals surface area contributed by atoms with Crippen LogP contribution in [0.2, 0.25) is 0 Å². The van der Waals surface area contributed by atoms with Crippen LogP contribution in [-0.4, -0.2) is 53.2 Å². The van der Waals surface area contributed by atoms with E-state index in [1.54, 1.807) is 6.92 Å². The molecule has 0 amide bonds. The molecule has 1 fully saturated rings. The Morgan fingerprint density at radius 1 is 1.33 bits per heavy atom. The van der Waals surface area contributed by atoms with Gasteiger partial charge in [-0.3, -0.25) is 9.69 Å². The Morgan fingerprint density at radius 2 is 2.00 bits per heavy atom. The fraction of sp³-hybridized carbons (Fsp3) is 0.538. The second-order valence-electron chi connectivity index (χ2n) is 4.67. The number of aryl methyl sites for hydroxylation is 1. The molecule has 0 spiro atoms. The largest absolute Gasteiger partial charge is 0.480 e. The first kappa shape index (κ1) is 12.8. The third-order valence-corrected chi connectivity index (χ3v) is 3.42. The molecule has 1 atom stereocenters. The molecule has 1 saturated heterocycles. The number of aromatic nitrogens is 1. The van der Waals surface area contributed by atoms with E-state index in [0.717, 1.165) is 37.7 Å². The Morgan fingerprint density at radius 3 is 2.56 bits per heavy atom. The van der Waals surface area contributed by atoms with Crippen molar-refractivity contribution < 1.29 is 9.90 Å². The molecule has 1 unspecified atom stereocenters. The quantitative estimate of drug-likeness (QED) is 0.865. The highest BCUT2D eigenvalue weighted by molar-refractivity contribution is 5.72. The number of hydrogen-bond acceptors (Lipinski definition) is 4. The molecule has 1 N–H and O–H groups in total.